The summed E-state index contributed by atoms with van der Waals surface area (Å²) in [5, 5.41) is 9.60. The molecular weight excluding hydrogens is 268 g/mol. The fraction of sp³-hybridized carbons (Fsp3) is 0.588. The molecule has 0 amide bonds. The number of carboxylic acid groups (broad SMARTS) is 1. The molecule has 1 aromatic rings. The van der Waals surface area contributed by atoms with Gasteiger partial charge in [-0.1, -0.05) is 24.3 Å². The molecule has 0 radical (unpaired) electrons. The number of aryl methyl sites for hydroxylation is 1. The minimum absolute atomic E-state index is 0.0713. The van der Waals surface area contributed by atoms with E-state index < -0.39 is 12.1 Å². The van der Waals surface area contributed by atoms with Crippen molar-refractivity contribution in [1.82, 2.24) is 0 Å². The molecule has 3 atom stereocenters. The van der Waals surface area contributed by atoms with Crippen LogP contribution < -0.4 is 0 Å². The van der Waals surface area contributed by atoms with E-state index in [1.54, 1.807) is 0 Å². The van der Waals surface area contributed by atoms with Crippen LogP contribution >= 0.6 is 0 Å². The Balaban J connectivity index is 1.79. The Bertz CT molecular complexity index is 493. The summed E-state index contributed by atoms with van der Waals surface area (Å²) in [5.74, 6) is -0.955. The Hall–Kier alpha value is -1.39. The molecule has 0 spiro atoms. The van der Waals surface area contributed by atoms with Gasteiger partial charge in [-0.05, 0) is 49.7 Å². The lowest BCUT2D eigenvalue weighted by molar-refractivity contribution is -0.205. The molecule has 0 aromatic heterocycles. The Morgan fingerprint density at radius 2 is 2.10 bits per heavy atom. The molecule has 1 aliphatic carbocycles. The van der Waals surface area contributed by atoms with Gasteiger partial charge in [0.2, 0.25) is 0 Å². The molecule has 4 nitrogen and oxygen atoms in total. The summed E-state index contributed by atoms with van der Waals surface area (Å²) < 4.78 is 11.4. The van der Waals surface area contributed by atoms with Crippen molar-refractivity contribution in [3.05, 3.63) is 35.4 Å². The maximum atomic E-state index is 11.7. The van der Waals surface area contributed by atoms with Gasteiger partial charge in [-0.2, -0.15) is 0 Å². The van der Waals surface area contributed by atoms with E-state index in [0.29, 0.717) is 6.61 Å². The first-order chi connectivity index (χ1) is 10.3. The molecule has 0 bridgehead atoms. The van der Waals surface area contributed by atoms with Crippen LogP contribution in [0, 0.1) is 0 Å². The summed E-state index contributed by atoms with van der Waals surface area (Å²) in [7, 11) is 0. The zero-order valence-corrected chi connectivity index (χ0v) is 12.2. The van der Waals surface area contributed by atoms with Crippen LogP contribution in [0.4, 0.5) is 0 Å². The van der Waals surface area contributed by atoms with E-state index in [0.717, 1.165) is 44.1 Å². The van der Waals surface area contributed by atoms with Crippen molar-refractivity contribution in [2.75, 3.05) is 6.61 Å². The summed E-state index contributed by atoms with van der Waals surface area (Å²) in [6, 6.07) is 8.13. The number of carbonyl (C=O) groups is 1. The molecule has 0 saturated carbocycles. The molecule has 1 fully saturated rings. The molecule has 1 N–H and O–H groups in total. The van der Waals surface area contributed by atoms with E-state index in [1.165, 1.54) is 5.56 Å². The third-order valence-corrected chi connectivity index (χ3v) is 4.46. The van der Waals surface area contributed by atoms with Gasteiger partial charge in [-0.3, -0.25) is 0 Å². The molecule has 1 saturated heterocycles. The van der Waals surface area contributed by atoms with Crippen LogP contribution in [0.2, 0.25) is 0 Å². The standard InChI is InChI=1S/C17H22O4/c18-17(19)16(21-15-10-3-4-11-20-15)14-9-5-7-12-6-1-2-8-13(12)14/h1-2,6,8,14-16H,3-5,7,9-11H2,(H,18,19). The maximum absolute atomic E-state index is 11.7. The number of fused-ring (bicyclic) bond motifs is 1. The van der Waals surface area contributed by atoms with Crippen molar-refractivity contribution in [1.29, 1.82) is 0 Å². The number of hydrogen-bond donors (Lipinski definition) is 1. The summed E-state index contributed by atoms with van der Waals surface area (Å²) in [5.41, 5.74) is 2.39. The normalized spacial score (nSPS) is 26.9. The minimum Gasteiger partial charge on any atom is -0.479 e. The third-order valence-electron chi connectivity index (χ3n) is 4.46. The summed E-state index contributed by atoms with van der Waals surface area (Å²) in [4.78, 5) is 11.7. The van der Waals surface area contributed by atoms with Crippen LogP contribution in [-0.2, 0) is 20.7 Å². The molecule has 4 heteroatoms. The highest BCUT2D eigenvalue weighted by atomic mass is 16.7. The Morgan fingerprint density at radius 1 is 1.24 bits per heavy atom. The predicted octanol–water partition coefficient (Wildman–Crippen LogP) is 3.10. The number of rotatable bonds is 4. The number of carboxylic acids is 1. The Labute approximate surface area is 125 Å². The fourth-order valence-corrected chi connectivity index (χ4v) is 3.41. The van der Waals surface area contributed by atoms with Gasteiger partial charge in [-0.25, -0.2) is 4.79 Å². The summed E-state index contributed by atoms with van der Waals surface area (Å²) in [6.45, 7) is 0.665. The molecule has 1 aromatic carbocycles. The lowest BCUT2D eigenvalue weighted by Gasteiger charge is -2.33. The Kier molecular flexibility index (Phi) is 4.56. The predicted molar refractivity (Wildman–Crippen MR) is 78.2 cm³/mol. The SMILES string of the molecule is O=C(O)C(OC1CCCCO1)C1CCCc2ccccc21. The van der Waals surface area contributed by atoms with Gasteiger partial charge in [0.05, 0.1) is 0 Å². The van der Waals surface area contributed by atoms with E-state index in [4.69, 9.17) is 9.47 Å². The Morgan fingerprint density at radius 3 is 2.86 bits per heavy atom. The summed E-state index contributed by atoms with van der Waals surface area (Å²) >= 11 is 0. The van der Waals surface area contributed by atoms with Crippen molar-refractivity contribution >= 4 is 5.97 Å². The first-order valence-electron chi connectivity index (χ1n) is 7.83. The molecule has 21 heavy (non-hydrogen) atoms. The summed E-state index contributed by atoms with van der Waals surface area (Å²) in [6.07, 6.45) is 4.59. The van der Waals surface area contributed by atoms with E-state index >= 15 is 0 Å². The first kappa shape index (κ1) is 14.5. The second kappa shape index (κ2) is 6.58. The zero-order chi connectivity index (χ0) is 14.7. The van der Waals surface area contributed by atoms with Crippen molar-refractivity contribution < 1.29 is 19.4 Å². The zero-order valence-electron chi connectivity index (χ0n) is 12.2. The van der Waals surface area contributed by atoms with Gasteiger partial charge < -0.3 is 14.6 Å². The molecule has 3 unspecified atom stereocenters. The molecule has 2 aliphatic rings. The maximum Gasteiger partial charge on any atom is 0.333 e. The monoisotopic (exact) mass is 290 g/mol. The molecule has 1 heterocycles. The minimum atomic E-state index is -0.883. The lowest BCUT2D eigenvalue weighted by atomic mass is 9.79. The van der Waals surface area contributed by atoms with Crippen molar-refractivity contribution in [2.45, 2.75) is 56.8 Å². The van der Waals surface area contributed by atoms with Gasteiger partial charge in [0.1, 0.15) is 0 Å². The van der Waals surface area contributed by atoms with Crippen LogP contribution in [-0.4, -0.2) is 30.1 Å². The van der Waals surface area contributed by atoms with Gasteiger partial charge in [0.15, 0.2) is 12.4 Å². The van der Waals surface area contributed by atoms with Gasteiger partial charge in [0.25, 0.3) is 0 Å². The lowest BCUT2D eigenvalue weighted by Crippen LogP contribution is -2.38. The number of ether oxygens (including phenoxy) is 2. The van der Waals surface area contributed by atoms with E-state index in [1.807, 2.05) is 18.2 Å². The second-order valence-electron chi connectivity index (χ2n) is 5.89. The smallest absolute Gasteiger partial charge is 0.333 e. The highest BCUT2D eigenvalue weighted by molar-refractivity contribution is 5.74. The first-order valence-corrected chi connectivity index (χ1v) is 7.83. The number of aliphatic carboxylic acids is 1. The topological polar surface area (TPSA) is 55.8 Å². The van der Waals surface area contributed by atoms with Crippen LogP contribution in [0.25, 0.3) is 0 Å². The van der Waals surface area contributed by atoms with Crippen LogP contribution in [0.15, 0.2) is 24.3 Å². The fourth-order valence-electron chi connectivity index (χ4n) is 3.41. The van der Waals surface area contributed by atoms with Crippen LogP contribution in [0.3, 0.4) is 0 Å². The van der Waals surface area contributed by atoms with Crippen molar-refractivity contribution in [2.24, 2.45) is 0 Å². The molecule has 3 rings (SSSR count). The van der Waals surface area contributed by atoms with Gasteiger partial charge in [-0.15, -0.1) is 0 Å². The van der Waals surface area contributed by atoms with Gasteiger partial charge in [0, 0.05) is 12.5 Å². The highest BCUT2D eigenvalue weighted by Crippen LogP contribution is 2.36. The number of benzene rings is 1. The average Bonchev–Trinajstić information content (AvgIpc) is 2.53. The van der Waals surface area contributed by atoms with Gasteiger partial charge >= 0.3 is 5.97 Å². The quantitative estimate of drug-likeness (QED) is 0.925. The second-order valence-corrected chi connectivity index (χ2v) is 5.89. The highest BCUT2D eigenvalue weighted by Gasteiger charge is 2.35. The van der Waals surface area contributed by atoms with Crippen LogP contribution in [0.5, 0.6) is 0 Å². The van der Waals surface area contributed by atoms with E-state index in [9.17, 15) is 9.90 Å². The van der Waals surface area contributed by atoms with Crippen LogP contribution in [0.1, 0.15) is 49.1 Å². The van der Waals surface area contributed by atoms with Crippen molar-refractivity contribution in [3.8, 4) is 0 Å². The largest absolute Gasteiger partial charge is 0.479 e. The third kappa shape index (κ3) is 3.27. The van der Waals surface area contributed by atoms with Crippen molar-refractivity contribution in [3.63, 3.8) is 0 Å². The van der Waals surface area contributed by atoms with E-state index in [2.05, 4.69) is 6.07 Å². The average molecular weight is 290 g/mol. The molecule has 114 valence electrons. The van der Waals surface area contributed by atoms with E-state index in [-0.39, 0.29) is 12.2 Å². The number of hydrogen-bond acceptors (Lipinski definition) is 3. The molecular formula is C17H22O4. The molecule has 1 aliphatic heterocycles.